The highest BCUT2D eigenvalue weighted by Gasteiger charge is 2.15. The van der Waals surface area contributed by atoms with Gasteiger partial charge in [0.05, 0.1) is 11.1 Å². The monoisotopic (exact) mass is 271 g/mol. The quantitative estimate of drug-likeness (QED) is 0.929. The maximum absolute atomic E-state index is 13.6. The molecule has 0 aliphatic heterocycles. The Labute approximate surface area is 108 Å². The number of halogens is 2. The van der Waals surface area contributed by atoms with E-state index in [4.69, 9.17) is 11.6 Å². The van der Waals surface area contributed by atoms with Gasteiger partial charge < -0.3 is 5.32 Å². The molecule has 2 aromatic rings. The molecule has 0 aliphatic rings. The number of likely N-dealkylation sites (N-methyl/N-ethyl adjacent to an activating group) is 1. The first kappa shape index (κ1) is 12.4. The van der Waals surface area contributed by atoms with Gasteiger partial charge in [0.25, 0.3) is 0 Å². The second kappa shape index (κ2) is 5.53. The van der Waals surface area contributed by atoms with Crippen LogP contribution in [0.3, 0.4) is 0 Å². The Morgan fingerprint density at radius 1 is 1.53 bits per heavy atom. The van der Waals surface area contributed by atoms with Crippen LogP contribution >= 0.6 is 23.1 Å². The summed E-state index contributed by atoms with van der Waals surface area (Å²) in [5, 5.41) is 7.44. The fraction of sp³-hybridized carbons (Fsp3) is 0.273. The molecule has 0 saturated carbocycles. The highest BCUT2D eigenvalue weighted by atomic mass is 35.5. The molecular weight excluding hydrogens is 261 g/mol. The standard InChI is InChI=1S/C11H11ClFN3S/c1-14-10(11-6-15-16-17-11)5-7-4-8(12)2-3-9(7)13/h2-4,6,10,14H,5H2,1H3. The zero-order chi connectivity index (χ0) is 12.3. The summed E-state index contributed by atoms with van der Waals surface area (Å²) in [6.45, 7) is 0. The Morgan fingerprint density at radius 2 is 2.35 bits per heavy atom. The van der Waals surface area contributed by atoms with Gasteiger partial charge in [0.2, 0.25) is 0 Å². The molecule has 1 atom stereocenters. The minimum absolute atomic E-state index is 0.00275. The van der Waals surface area contributed by atoms with E-state index in [-0.39, 0.29) is 11.9 Å². The molecule has 17 heavy (non-hydrogen) atoms. The molecule has 1 heterocycles. The van der Waals surface area contributed by atoms with Gasteiger partial charge in [-0.1, -0.05) is 16.1 Å². The SMILES string of the molecule is CNC(Cc1cc(Cl)ccc1F)c1cnns1. The Balaban J connectivity index is 2.21. The molecule has 90 valence electrons. The summed E-state index contributed by atoms with van der Waals surface area (Å²) in [6.07, 6.45) is 2.21. The molecule has 1 unspecified atom stereocenters. The lowest BCUT2D eigenvalue weighted by molar-refractivity contribution is 0.559. The van der Waals surface area contributed by atoms with Gasteiger partial charge in [-0.25, -0.2) is 4.39 Å². The normalized spacial score (nSPS) is 12.6. The van der Waals surface area contributed by atoms with E-state index >= 15 is 0 Å². The van der Waals surface area contributed by atoms with Crippen LogP contribution in [0.4, 0.5) is 4.39 Å². The highest BCUT2D eigenvalue weighted by molar-refractivity contribution is 7.05. The summed E-state index contributed by atoms with van der Waals surface area (Å²) < 4.78 is 17.4. The van der Waals surface area contributed by atoms with Gasteiger partial charge in [-0.15, -0.1) is 5.10 Å². The van der Waals surface area contributed by atoms with E-state index < -0.39 is 0 Å². The van der Waals surface area contributed by atoms with Crippen molar-refractivity contribution in [2.24, 2.45) is 0 Å². The minimum Gasteiger partial charge on any atom is -0.312 e. The van der Waals surface area contributed by atoms with Crippen LogP contribution in [0.1, 0.15) is 16.5 Å². The smallest absolute Gasteiger partial charge is 0.126 e. The van der Waals surface area contributed by atoms with Gasteiger partial charge in [0.15, 0.2) is 0 Å². The lowest BCUT2D eigenvalue weighted by Crippen LogP contribution is -2.18. The van der Waals surface area contributed by atoms with Crippen molar-refractivity contribution >= 4 is 23.1 Å². The van der Waals surface area contributed by atoms with Gasteiger partial charge >= 0.3 is 0 Å². The third-order valence-corrected chi connectivity index (χ3v) is 3.51. The maximum Gasteiger partial charge on any atom is 0.126 e. The topological polar surface area (TPSA) is 37.8 Å². The number of benzene rings is 1. The molecule has 6 heteroatoms. The Hall–Kier alpha value is -1.04. The summed E-state index contributed by atoms with van der Waals surface area (Å²) in [4.78, 5) is 0.979. The van der Waals surface area contributed by atoms with E-state index in [1.807, 2.05) is 7.05 Å². The largest absolute Gasteiger partial charge is 0.312 e. The molecule has 0 saturated heterocycles. The molecule has 0 spiro atoms. The Kier molecular flexibility index (Phi) is 4.04. The number of nitrogens with one attached hydrogen (secondary N) is 1. The lowest BCUT2D eigenvalue weighted by Gasteiger charge is -2.14. The summed E-state index contributed by atoms with van der Waals surface area (Å²) in [5.41, 5.74) is 0.588. The van der Waals surface area contributed by atoms with Crippen molar-refractivity contribution in [1.29, 1.82) is 0 Å². The first-order valence-electron chi connectivity index (χ1n) is 5.09. The van der Waals surface area contributed by atoms with E-state index in [0.717, 1.165) is 4.88 Å². The Morgan fingerprint density at radius 3 is 3.00 bits per heavy atom. The van der Waals surface area contributed by atoms with Crippen LogP contribution in [0.25, 0.3) is 0 Å². The number of aromatic nitrogens is 2. The van der Waals surface area contributed by atoms with Crippen molar-refractivity contribution in [2.45, 2.75) is 12.5 Å². The zero-order valence-electron chi connectivity index (χ0n) is 9.15. The first-order valence-corrected chi connectivity index (χ1v) is 6.24. The lowest BCUT2D eigenvalue weighted by atomic mass is 10.0. The van der Waals surface area contributed by atoms with Crippen molar-refractivity contribution in [3.63, 3.8) is 0 Å². The number of hydrogen-bond donors (Lipinski definition) is 1. The van der Waals surface area contributed by atoms with Crippen molar-refractivity contribution in [1.82, 2.24) is 14.9 Å². The average Bonchev–Trinajstić information content (AvgIpc) is 2.84. The van der Waals surface area contributed by atoms with Gasteiger partial charge in [-0.2, -0.15) is 0 Å². The van der Waals surface area contributed by atoms with Crippen molar-refractivity contribution in [3.8, 4) is 0 Å². The third kappa shape index (κ3) is 3.00. The summed E-state index contributed by atoms with van der Waals surface area (Å²) in [7, 11) is 1.83. The van der Waals surface area contributed by atoms with Crippen LogP contribution in [-0.2, 0) is 6.42 Å². The molecule has 0 amide bonds. The van der Waals surface area contributed by atoms with Crippen molar-refractivity contribution in [3.05, 3.63) is 45.7 Å². The minimum atomic E-state index is -0.243. The fourth-order valence-electron chi connectivity index (χ4n) is 1.59. The fourth-order valence-corrected chi connectivity index (χ4v) is 2.40. The van der Waals surface area contributed by atoms with Gasteiger partial charge in [0, 0.05) is 11.1 Å². The summed E-state index contributed by atoms with van der Waals surface area (Å²) >= 11 is 7.17. The summed E-state index contributed by atoms with van der Waals surface area (Å²) in [5.74, 6) is -0.243. The highest BCUT2D eigenvalue weighted by Crippen LogP contribution is 2.23. The molecule has 0 aliphatic carbocycles. The van der Waals surface area contributed by atoms with Crippen molar-refractivity contribution < 1.29 is 4.39 Å². The maximum atomic E-state index is 13.6. The molecule has 0 bridgehead atoms. The van der Waals surface area contributed by atoms with Gasteiger partial charge in [-0.05, 0) is 48.8 Å². The van der Waals surface area contributed by atoms with Gasteiger partial charge in [0.1, 0.15) is 5.82 Å². The number of hydrogen-bond acceptors (Lipinski definition) is 4. The van der Waals surface area contributed by atoms with E-state index in [0.29, 0.717) is 17.0 Å². The number of nitrogens with zero attached hydrogens (tertiary/aromatic N) is 2. The first-order chi connectivity index (χ1) is 8.20. The predicted molar refractivity (Wildman–Crippen MR) is 66.8 cm³/mol. The van der Waals surface area contributed by atoms with E-state index in [1.165, 1.54) is 17.6 Å². The van der Waals surface area contributed by atoms with Crippen LogP contribution in [0, 0.1) is 5.82 Å². The average molecular weight is 272 g/mol. The molecule has 0 radical (unpaired) electrons. The van der Waals surface area contributed by atoms with Crippen LogP contribution in [0.5, 0.6) is 0 Å². The third-order valence-electron chi connectivity index (χ3n) is 2.50. The van der Waals surface area contributed by atoms with Crippen LogP contribution in [-0.4, -0.2) is 16.6 Å². The molecular formula is C11H11ClFN3S. The van der Waals surface area contributed by atoms with E-state index in [9.17, 15) is 4.39 Å². The van der Waals surface area contributed by atoms with E-state index in [2.05, 4.69) is 14.9 Å². The number of rotatable bonds is 4. The molecule has 1 N–H and O–H groups in total. The summed E-state index contributed by atoms with van der Waals surface area (Å²) in [6, 6.07) is 4.58. The molecule has 1 aromatic heterocycles. The molecule has 1 aromatic carbocycles. The molecule has 3 nitrogen and oxygen atoms in total. The van der Waals surface area contributed by atoms with E-state index in [1.54, 1.807) is 18.3 Å². The molecule has 0 fully saturated rings. The van der Waals surface area contributed by atoms with Crippen molar-refractivity contribution in [2.75, 3.05) is 7.05 Å². The van der Waals surface area contributed by atoms with Gasteiger partial charge in [-0.3, -0.25) is 0 Å². The predicted octanol–water partition coefficient (Wildman–Crippen LogP) is 2.83. The van der Waals surface area contributed by atoms with Crippen LogP contribution < -0.4 is 5.32 Å². The van der Waals surface area contributed by atoms with Crippen LogP contribution in [0.15, 0.2) is 24.4 Å². The zero-order valence-corrected chi connectivity index (χ0v) is 10.7. The Bertz CT molecular complexity index is 489. The molecule has 2 rings (SSSR count). The van der Waals surface area contributed by atoms with Crippen LogP contribution in [0.2, 0.25) is 5.02 Å². The second-order valence-corrected chi connectivity index (χ2v) is 4.85. The second-order valence-electron chi connectivity index (χ2n) is 3.60.